The molecule has 0 spiro atoms. The van der Waals surface area contributed by atoms with Gasteiger partial charge in [-0.3, -0.25) is 0 Å². The Balaban J connectivity index is 2.20. The van der Waals surface area contributed by atoms with Crippen LogP contribution in [0.4, 0.5) is 5.69 Å². The fourth-order valence-corrected chi connectivity index (χ4v) is 5.11. The predicted octanol–water partition coefficient (Wildman–Crippen LogP) is 3.67. The van der Waals surface area contributed by atoms with E-state index in [2.05, 4.69) is 20.7 Å². The molecule has 3 N–H and O–H groups in total. The number of nitrogen functional groups attached to an aromatic ring is 1. The third kappa shape index (κ3) is 4.20. The Kier molecular flexibility index (Phi) is 5.68. The molecule has 0 heterocycles. The predicted molar refractivity (Wildman–Crippen MR) is 89.5 cm³/mol. The summed E-state index contributed by atoms with van der Waals surface area (Å²) in [7, 11) is -3.58. The molecule has 1 aliphatic rings. The van der Waals surface area contributed by atoms with Gasteiger partial charge in [0.05, 0.1) is 5.69 Å². The maximum Gasteiger partial charge on any atom is 0.242 e. The standard InChI is InChI=1S/C15H23BrN2O2S/c1-2-14(11-6-4-3-5-7-11)18-21(19,20)15-10-12(16)8-9-13(15)17/h8-11,14,18H,2-7,17H2,1H3. The van der Waals surface area contributed by atoms with Crippen LogP contribution in [0.15, 0.2) is 27.6 Å². The van der Waals surface area contributed by atoms with Crippen LogP contribution in [0, 0.1) is 5.92 Å². The lowest BCUT2D eigenvalue weighted by molar-refractivity contribution is 0.285. The summed E-state index contributed by atoms with van der Waals surface area (Å²) in [5, 5.41) is 0. The second-order valence-corrected chi connectivity index (χ2v) is 8.31. The van der Waals surface area contributed by atoms with Crippen LogP contribution in [0.25, 0.3) is 0 Å². The molecule has 118 valence electrons. The average Bonchev–Trinajstić information content (AvgIpc) is 2.48. The smallest absolute Gasteiger partial charge is 0.242 e. The minimum atomic E-state index is -3.58. The van der Waals surface area contributed by atoms with E-state index in [1.165, 1.54) is 19.3 Å². The molecular formula is C15H23BrN2O2S. The molecule has 0 amide bonds. The van der Waals surface area contributed by atoms with Crippen LogP contribution in [0.3, 0.4) is 0 Å². The molecule has 21 heavy (non-hydrogen) atoms. The van der Waals surface area contributed by atoms with Crippen LogP contribution in [0.1, 0.15) is 45.4 Å². The number of hydrogen-bond donors (Lipinski definition) is 2. The zero-order valence-corrected chi connectivity index (χ0v) is 14.7. The summed E-state index contributed by atoms with van der Waals surface area (Å²) in [6.45, 7) is 2.03. The van der Waals surface area contributed by atoms with E-state index in [9.17, 15) is 8.42 Å². The Bertz CT molecular complexity index is 583. The van der Waals surface area contributed by atoms with Gasteiger partial charge >= 0.3 is 0 Å². The van der Waals surface area contributed by atoms with Gasteiger partial charge in [0.2, 0.25) is 10.0 Å². The van der Waals surface area contributed by atoms with Crippen molar-refractivity contribution in [3.05, 3.63) is 22.7 Å². The first kappa shape index (κ1) is 16.8. The molecule has 0 aromatic heterocycles. The number of sulfonamides is 1. The molecule has 0 bridgehead atoms. The minimum absolute atomic E-state index is 0.00585. The molecule has 1 unspecified atom stereocenters. The molecule has 2 rings (SSSR count). The monoisotopic (exact) mass is 374 g/mol. The Hall–Kier alpha value is -0.590. The van der Waals surface area contributed by atoms with Gasteiger partial charge in [0.15, 0.2) is 0 Å². The van der Waals surface area contributed by atoms with E-state index in [4.69, 9.17) is 5.73 Å². The quantitative estimate of drug-likeness (QED) is 0.772. The second kappa shape index (κ2) is 7.11. The van der Waals surface area contributed by atoms with Crippen molar-refractivity contribution in [2.75, 3.05) is 5.73 Å². The summed E-state index contributed by atoms with van der Waals surface area (Å²) in [6, 6.07) is 4.91. The molecule has 6 heteroatoms. The lowest BCUT2D eigenvalue weighted by atomic mass is 9.83. The Labute approximate surface area is 135 Å². The fraction of sp³-hybridized carbons (Fsp3) is 0.600. The number of halogens is 1. The molecule has 0 aliphatic heterocycles. The van der Waals surface area contributed by atoms with Gasteiger partial charge in [-0.1, -0.05) is 42.1 Å². The Morgan fingerprint density at radius 1 is 1.33 bits per heavy atom. The molecule has 1 saturated carbocycles. The number of rotatable bonds is 5. The lowest BCUT2D eigenvalue weighted by Crippen LogP contribution is -2.40. The summed E-state index contributed by atoms with van der Waals surface area (Å²) in [4.78, 5) is 0.158. The highest BCUT2D eigenvalue weighted by Gasteiger charge is 2.28. The van der Waals surface area contributed by atoms with E-state index >= 15 is 0 Å². The fourth-order valence-electron chi connectivity index (χ4n) is 3.05. The van der Waals surface area contributed by atoms with Gasteiger partial charge in [0, 0.05) is 10.5 Å². The van der Waals surface area contributed by atoms with Gasteiger partial charge in [-0.25, -0.2) is 13.1 Å². The molecule has 1 aromatic carbocycles. The van der Waals surface area contributed by atoms with Crippen LogP contribution >= 0.6 is 15.9 Å². The molecule has 1 fully saturated rings. The first-order valence-corrected chi connectivity index (χ1v) is 9.79. The molecule has 1 atom stereocenters. The van der Waals surface area contributed by atoms with E-state index in [1.807, 2.05) is 6.92 Å². The number of hydrogen-bond acceptors (Lipinski definition) is 3. The molecule has 0 radical (unpaired) electrons. The van der Waals surface area contributed by atoms with Crippen LogP contribution in [0.5, 0.6) is 0 Å². The summed E-state index contributed by atoms with van der Waals surface area (Å²) in [6.07, 6.45) is 6.67. The maximum absolute atomic E-state index is 12.6. The second-order valence-electron chi connectivity index (χ2n) is 5.72. The van der Waals surface area contributed by atoms with Gasteiger partial charge in [-0.05, 0) is 43.4 Å². The average molecular weight is 375 g/mol. The zero-order chi connectivity index (χ0) is 15.5. The maximum atomic E-state index is 12.6. The van der Waals surface area contributed by atoms with Crippen LogP contribution in [-0.2, 0) is 10.0 Å². The molecular weight excluding hydrogens is 352 g/mol. The van der Waals surface area contributed by atoms with E-state index in [0.29, 0.717) is 10.4 Å². The highest BCUT2D eigenvalue weighted by Crippen LogP contribution is 2.29. The number of nitrogens with one attached hydrogen (secondary N) is 1. The SMILES string of the molecule is CCC(NS(=O)(=O)c1cc(Br)ccc1N)C1CCCCC1. The molecule has 4 nitrogen and oxygen atoms in total. The highest BCUT2D eigenvalue weighted by atomic mass is 79.9. The van der Waals surface area contributed by atoms with Gasteiger partial charge < -0.3 is 5.73 Å². The van der Waals surface area contributed by atoms with Gasteiger partial charge in [0.1, 0.15) is 4.90 Å². The highest BCUT2D eigenvalue weighted by molar-refractivity contribution is 9.10. The van der Waals surface area contributed by atoms with E-state index in [1.54, 1.807) is 18.2 Å². The van der Waals surface area contributed by atoms with Crippen molar-refractivity contribution < 1.29 is 8.42 Å². The number of nitrogens with two attached hydrogens (primary N) is 1. The van der Waals surface area contributed by atoms with Crippen LogP contribution in [0.2, 0.25) is 0 Å². The van der Waals surface area contributed by atoms with Crippen molar-refractivity contribution in [1.29, 1.82) is 0 Å². The van der Waals surface area contributed by atoms with Crippen LogP contribution in [-0.4, -0.2) is 14.5 Å². The third-order valence-corrected chi connectivity index (χ3v) is 6.27. The third-order valence-electron chi connectivity index (χ3n) is 4.23. The first-order chi connectivity index (χ1) is 9.94. The molecule has 0 saturated heterocycles. The summed E-state index contributed by atoms with van der Waals surface area (Å²) < 4.78 is 28.8. The van der Waals surface area contributed by atoms with Crippen molar-refractivity contribution in [3.63, 3.8) is 0 Å². The lowest BCUT2D eigenvalue weighted by Gasteiger charge is -2.30. The van der Waals surface area contributed by atoms with Crippen molar-refractivity contribution in [3.8, 4) is 0 Å². The van der Waals surface area contributed by atoms with Crippen molar-refractivity contribution >= 4 is 31.6 Å². The number of anilines is 1. The molecule has 1 aliphatic carbocycles. The van der Waals surface area contributed by atoms with Crippen molar-refractivity contribution in [1.82, 2.24) is 4.72 Å². The minimum Gasteiger partial charge on any atom is -0.398 e. The van der Waals surface area contributed by atoms with Gasteiger partial charge in [0.25, 0.3) is 0 Å². The van der Waals surface area contributed by atoms with Crippen molar-refractivity contribution in [2.45, 2.75) is 56.4 Å². The largest absolute Gasteiger partial charge is 0.398 e. The summed E-state index contributed by atoms with van der Waals surface area (Å²) in [5.74, 6) is 0.437. The first-order valence-electron chi connectivity index (χ1n) is 7.51. The Morgan fingerprint density at radius 3 is 2.62 bits per heavy atom. The normalized spacial score (nSPS) is 18.6. The van der Waals surface area contributed by atoms with Crippen molar-refractivity contribution in [2.24, 2.45) is 5.92 Å². The van der Waals surface area contributed by atoms with Gasteiger partial charge in [-0.15, -0.1) is 0 Å². The van der Waals surface area contributed by atoms with E-state index in [0.717, 1.165) is 19.3 Å². The summed E-state index contributed by atoms with van der Waals surface area (Å²) in [5.41, 5.74) is 6.11. The summed E-state index contributed by atoms with van der Waals surface area (Å²) >= 11 is 3.30. The number of benzene rings is 1. The topological polar surface area (TPSA) is 72.2 Å². The van der Waals surface area contributed by atoms with E-state index < -0.39 is 10.0 Å². The van der Waals surface area contributed by atoms with Crippen LogP contribution < -0.4 is 10.5 Å². The van der Waals surface area contributed by atoms with E-state index in [-0.39, 0.29) is 16.6 Å². The zero-order valence-electron chi connectivity index (χ0n) is 12.3. The molecule has 1 aromatic rings. The Morgan fingerprint density at radius 2 is 2.00 bits per heavy atom. The van der Waals surface area contributed by atoms with Gasteiger partial charge in [-0.2, -0.15) is 0 Å².